The average molecular weight is 345 g/mol. The van der Waals surface area contributed by atoms with Gasteiger partial charge in [-0.15, -0.1) is 0 Å². The molecule has 0 unspecified atom stereocenters. The smallest absolute Gasteiger partial charge is 0.255 e. The summed E-state index contributed by atoms with van der Waals surface area (Å²) in [7, 11) is 0. The molecule has 0 N–H and O–H groups in total. The Morgan fingerprint density at radius 3 is 2.63 bits per heavy atom. The number of likely N-dealkylation sites (tertiary alicyclic amines) is 1. The molecule has 0 saturated carbocycles. The van der Waals surface area contributed by atoms with Crippen molar-refractivity contribution in [1.29, 1.82) is 0 Å². The van der Waals surface area contributed by atoms with E-state index in [1.165, 1.54) is 6.42 Å². The van der Waals surface area contributed by atoms with Gasteiger partial charge in [0.25, 0.3) is 5.91 Å². The first-order chi connectivity index (χ1) is 8.95. The second kappa shape index (κ2) is 5.84. The quantitative estimate of drug-likeness (QED) is 0.758. The second-order valence-electron chi connectivity index (χ2n) is 5.58. The first kappa shape index (κ1) is 14.9. The van der Waals surface area contributed by atoms with E-state index in [0.717, 1.165) is 30.4 Å². The van der Waals surface area contributed by atoms with Crippen LogP contribution in [0, 0.1) is 5.41 Å². The van der Waals surface area contributed by atoms with Gasteiger partial charge >= 0.3 is 0 Å². The van der Waals surface area contributed by atoms with Gasteiger partial charge in [-0.25, -0.2) is 0 Å². The summed E-state index contributed by atoms with van der Waals surface area (Å²) in [6.07, 6.45) is 3.31. The number of hydrogen-bond donors (Lipinski definition) is 0. The molecule has 1 saturated heterocycles. The molecule has 19 heavy (non-hydrogen) atoms. The molecule has 4 heteroatoms. The third kappa shape index (κ3) is 3.32. The minimum absolute atomic E-state index is 0.0458. The molecular formula is C15H19BrClNO. The van der Waals surface area contributed by atoms with Crippen molar-refractivity contribution in [2.45, 2.75) is 33.1 Å². The van der Waals surface area contributed by atoms with Gasteiger partial charge in [-0.05, 0) is 36.5 Å². The summed E-state index contributed by atoms with van der Waals surface area (Å²) in [5.74, 6) is 0.0458. The highest BCUT2D eigenvalue weighted by Crippen LogP contribution is 2.34. The first-order valence-electron chi connectivity index (χ1n) is 6.69. The van der Waals surface area contributed by atoms with E-state index < -0.39 is 0 Å². The summed E-state index contributed by atoms with van der Waals surface area (Å²) in [6, 6.07) is 5.42. The lowest BCUT2D eigenvalue weighted by Gasteiger charge is -2.39. The first-order valence-corrected chi connectivity index (χ1v) is 7.86. The maximum atomic E-state index is 12.5. The van der Waals surface area contributed by atoms with Crippen LogP contribution in [0.3, 0.4) is 0 Å². The molecule has 0 aromatic heterocycles. The van der Waals surface area contributed by atoms with Gasteiger partial charge in [0, 0.05) is 17.6 Å². The van der Waals surface area contributed by atoms with Gasteiger partial charge < -0.3 is 4.90 Å². The van der Waals surface area contributed by atoms with E-state index in [-0.39, 0.29) is 5.91 Å². The fourth-order valence-corrected chi connectivity index (χ4v) is 2.99. The summed E-state index contributed by atoms with van der Waals surface area (Å²) in [6.45, 7) is 6.18. The molecule has 0 atom stereocenters. The van der Waals surface area contributed by atoms with Crippen LogP contribution in [0.15, 0.2) is 22.7 Å². The van der Waals surface area contributed by atoms with Crippen LogP contribution in [0.5, 0.6) is 0 Å². The third-order valence-electron chi connectivity index (χ3n) is 4.27. The number of halogens is 2. The van der Waals surface area contributed by atoms with E-state index >= 15 is 0 Å². The zero-order chi connectivity index (χ0) is 14.0. The maximum absolute atomic E-state index is 12.5. The SMILES string of the molecule is CCC1(C)CCN(C(=O)c2cc(Br)ccc2Cl)CC1. The highest BCUT2D eigenvalue weighted by molar-refractivity contribution is 9.10. The van der Waals surface area contributed by atoms with Crippen LogP contribution in [0.2, 0.25) is 5.02 Å². The summed E-state index contributed by atoms with van der Waals surface area (Å²) in [5, 5.41) is 0.525. The van der Waals surface area contributed by atoms with E-state index in [2.05, 4.69) is 29.8 Å². The van der Waals surface area contributed by atoms with Crippen molar-refractivity contribution in [2.24, 2.45) is 5.41 Å². The number of rotatable bonds is 2. The maximum Gasteiger partial charge on any atom is 0.255 e. The largest absolute Gasteiger partial charge is 0.339 e. The average Bonchev–Trinajstić information content (AvgIpc) is 2.42. The van der Waals surface area contributed by atoms with Crippen molar-refractivity contribution >= 4 is 33.4 Å². The molecule has 0 radical (unpaired) electrons. The van der Waals surface area contributed by atoms with Crippen LogP contribution in [0.4, 0.5) is 0 Å². The molecule has 1 aromatic rings. The minimum atomic E-state index is 0.0458. The highest BCUT2D eigenvalue weighted by atomic mass is 79.9. The number of piperidine rings is 1. The number of benzene rings is 1. The molecule has 1 aliphatic heterocycles. The molecule has 1 aliphatic rings. The van der Waals surface area contributed by atoms with Gasteiger partial charge in [0.15, 0.2) is 0 Å². The van der Waals surface area contributed by atoms with Crippen molar-refractivity contribution in [3.63, 3.8) is 0 Å². The van der Waals surface area contributed by atoms with Crippen LogP contribution < -0.4 is 0 Å². The molecule has 0 aliphatic carbocycles. The Bertz CT molecular complexity index is 481. The van der Waals surface area contributed by atoms with Crippen molar-refractivity contribution < 1.29 is 4.79 Å². The van der Waals surface area contributed by atoms with Crippen molar-refractivity contribution in [3.05, 3.63) is 33.3 Å². The summed E-state index contributed by atoms with van der Waals surface area (Å²) >= 11 is 9.51. The molecule has 2 nitrogen and oxygen atoms in total. The Kier molecular flexibility index (Phi) is 4.57. The van der Waals surface area contributed by atoms with E-state index in [9.17, 15) is 4.79 Å². The summed E-state index contributed by atoms with van der Waals surface area (Å²) in [4.78, 5) is 14.4. The summed E-state index contributed by atoms with van der Waals surface area (Å²) in [5.41, 5.74) is 0.980. The van der Waals surface area contributed by atoms with Crippen LogP contribution in [-0.4, -0.2) is 23.9 Å². The van der Waals surface area contributed by atoms with E-state index in [4.69, 9.17) is 11.6 Å². The van der Waals surface area contributed by atoms with Gasteiger partial charge in [0.05, 0.1) is 10.6 Å². The molecule has 1 fully saturated rings. The predicted molar refractivity (Wildman–Crippen MR) is 82.7 cm³/mol. The van der Waals surface area contributed by atoms with E-state index in [1.54, 1.807) is 12.1 Å². The fourth-order valence-electron chi connectivity index (χ4n) is 2.43. The highest BCUT2D eigenvalue weighted by Gasteiger charge is 2.31. The Morgan fingerprint density at radius 1 is 1.42 bits per heavy atom. The molecule has 0 spiro atoms. The fraction of sp³-hybridized carbons (Fsp3) is 0.533. The Hall–Kier alpha value is -0.540. The molecule has 104 valence electrons. The Morgan fingerprint density at radius 2 is 2.05 bits per heavy atom. The number of hydrogen-bond acceptors (Lipinski definition) is 1. The van der Waals surface area contributed by atoms with Gasteiger partial charge in [0.2, 0.25) is 0 Å². The van der Waals surface area contributed by atoms with Gasteiger partial charge in [-0.3, -0.25) is 4.79 Å². The lowest BCUT2D eigenvalue weighted by molar-refractivity contribution is 0.0600. The molecule has 1 aromatic carbocycles. The topological polar surface area (TPSA) is 20.3 Å². The third-order valence-corrected chi connectivity index (χ3v) is 5.09. The lowest BCUT2D eigenvalue weighted by atomic mass is 9.78. The second-order valence-corrected chi connectivity index (χ2v) is 6.90. The van der Waals surface area contributed by atoms with Crippen molar-refractivity contribution in [1.82, 2.24) is 4.90 Å². The van der Waals surface area contributed by atoms with Crippen molar-refractivity contribution in [2.75, 3.05) is 13.1 Å². The van der Waals surface area contributed by atoms with Gasteiger partial charge in [-0.2, -0.15) is 0 Å². The molecule has 1 heterocycles. The van der Waals surface area contributed by atoms with Crippen LogP contribution in [0.25, 0.3) is 0 Å². The molecule has 0 bridgehead atoms. The number of amides is 1. The predicted octanol–water partition coefficient (Wildman–Crippen LogP) is 4.75. The normalized spacial score (nSPS) is 18.4. The van der Waals surface area contributed by atoms with Crippen LogP contribution in [0.1, 0.15) is 43.5 Å². The monoisotopic (exact) mass is 343 g/mol. The Labute approximate surface area is 128 Å². The van der Waals surface area contributed by atoms with Crippen LogP contribution >= 0.6 is 27.5 Å². The van der Waals surface area contributed by atoms with Gasteiger partial charge in [0.1, 0.15) is 0 Å². The van der Waals surface area contributed by atoms with Crippen LogP contribution in [-0.2, 0) is 0 Å². The Balaban J connectivity index is 2.11. The van der Waals surface area contributed by atoms with E-state index in [1.807, 2.05) is 11.0 Å². The zero-order valence-corrected chi connectivity index (χ0v) is 13.7. The molecular weight excluding hydrogens is 326 g/mol. The van der Waals surface area contributed by atoms with Crippen molar-refractivity contribution in [3.8, 4) is 0 Å². The van der Waals surface area contributed by atoms with Gasteiger partial charge in [-0.1, -0.05) is 47.8 Å². The standard InChI is InChI=1S/C15H19BrClNO/c1-3-15(2)6-8-18(9-7-15)14(19)12-10-11(16)4-5-13(12)17/h4-5,10H,3,6-9H2,1-2H3. The number of carbonyl (C=O) groups is 1. The van der Waals surface area contributed by atoms with E-state index in [0.29, 0.717) is 16.0 Å². The molecule has 2 rings (SSSR count). The number of carbonyl (C=O) groups excluding carboxylic acids is 1. The number of nitrogens with zero attached hydrogens (tertiary/aromatic N) is 1. The summed E-state index contributed by atoms with van der Waals surface area (Å²) < 4.78 is 0.885. The molecule has 1 amide bonds. The lowest BCUT2D eigenvalue weighted by Crippen LogP contribution is -2.42. The zero-order valence-electron chi connectivity index (χ0n) is 11.4. The minimum Gasteiger partial charge on any atom is -0.339 e.